The predicted octanol–water partition coefficient (Wildman–Crippen LogP) is 5.10. The largest absolute Gasteiger partial charge is 0.489 e. The zero-order chi connectivity index (χ0) is 22.0. The summed E-state index contributed by atoms with van der Waals surface area (Å²) in [6.07, 6.45) is 0.0226. The highest BCUT2D eigenvalue weighted by molar-refractivity contribution is 7.16. The van der Waals surface area contributed by atoms with Crippen molar-refractivity contribution in [2.75, 3.05) is 10.4 Å². The lowest BCUT2D eigenvalue weighted by atomic mass is 10.1. The van der Waals surface area contributed by atoms with Crippen LogP contribution in [0.5, 0.6) is 5.75 Å². The van der Waals surface area contributed by atoms with Crippen molar-refractivity contribution in [3.63, 3.8) is 0 Å². The van der Waals surface area contributed by atoms with E-state index in [0.717, 1.165) is 16.1 Å². The van der Waals surface area contributed by atoms with E-state index in [0.29, 0.717) is 22.3 Å². The van der Waals surface area contributed by atoms with Gasteiger partial charge in [0.2, 0.25) is 5.13 Å². The maximum Gasteiger partial charge on any atom is 0.303 e. The Balaban J connectivity index is 1.57. The number of hydrazone groups is 2. The average molecular weight is 434 g/mol. The summed E-state index contributed by atoms with van der Waals surface area (Å²) in [5.41, 5.74) is 6.26. The summed E-state index contributed by atoms with van der Waals surface area (Å²) in [7, 11) is 0. The van der Waals surface area contributed by atoms with E-state index in [1.54, 1.807) is 6.92 Å². The lowest BCUT2D eigenvalue weighted by molar-refractivity contribution is -0.112. The van der Waals surface area contributed by atoms with Gasteiger partial charge in [-0.25, -0.2) is 4.98 Å². The number of hydrogen-bond acceptors (Lipinski definition) is 7. The molecule has 31 heavy (non-hydrogen) atoms. The molecule has 0 radical (unpaired) electrons. The van der Waals surface area contributed by atoms with Crippen LogP contribution in [-0.4, -0.2) is 28.4 Å². The van der Waals surface area contributed by atoms with Gasteiger partial charge in [0.1, 0.15) is 5.75 Å². The first-order valence-electron chi connectivity index (χ1n) is 9.96. The number of amides is 1. The van der Waals surface area contributed by atoms with Crippen LogP contribution >= 0.6 is 11.3 Å². The van der Waals surface area contributed by atoms with Crippen LogP contribution in [0, 0.1) is 6.92 Å². The number of hydrogen-bond donors (Lipinski definition) is 1. The molecule has 1 amide bonds. The third kappa shape index (κ3) is 4.34. The number of nitrogens with one attached hydrogen (secondary N) is 1. The van der Waals surface area contributed by atoms with Crippen LogP contribution in [0.3, 0.4) is 0 Å². The number of para-hydroxylation sites is 2. The van der Waals surface area contributed by atoms with Gasteiger partial charge in [0, 0.05) is 10.4 Å². The second kappa shape index (κ2) is 8.69. The van der Waals surface area contributed by atoms with Crippen molar-refractivity contribution in [2.24, 2.45) is 10.2 Å². The van der Waals surface area contributed by atoms with E-state index in [-0.39, 0.29) is 17.7 Å². The van der Waals surface area contributed by atoms with Crippen LogP contribution in [0.1, 0.15) is 25.6 Å². The number of benzene rings is 2. The molecule has 3 aromatic rings. The standard InChI is InChI=1S/C23H23N5O2S/c1-14(2)30-19-13-9-8-12-18(19)25-26-20-15(3)27-28(22(20)29)23-24-21(16(4)31-23)17-10-6-5-7-11-17/h5-14,25H,1-4H3/b26-20+. The fraction of sp³-hybridized carbons (Fsp3) is 0.217. The maximum absolute atomic E-state index is 13.0. The lowest BCUT2D eigenvalue weighted by Crippen LogP contribution is -2.27. The van der Waals surface area contributed by atoms with Gasteiger partial charge in [-0.15, -0.1) is 0 Å². The minimum absolute atomic E-state index is 0.0226. The molecule has 1 aromatic heterocycles. The third-order valence-corrected chi connectivity index (χ3v) is 5.49. The lowest BCUT2D eigenvalue weighted by Gasteiger charge is -2.13. The van der Waals surface area contributed by atoms with Crippen molar-refractivity contribution < 1.29 is 9.53 Å². The molecule has 0 unspecified atom stereocenters. The average Bonchev–Trinajstić information content (AvgIpc) is 3.27. The van der Waals surface area contributed by atoms with E-state index < -0.39 is 0 Å². The second-order valence-electron chi connectivity index (χ2n) is 7.30. The van der Waals surface area contributed by atoms with Crippen molar-refractivity contribution in [3.05, 3.63) is 59.5 Å². The van der Waals surface area contributed by atoms with Crippen LogP contribution in [0.2, 0.25) is 0 Å². The van der Waals surface area contributed by atoms with Crippen LogP contribution in [-0.2, 0) is 4.79 Å². The quantitative estimate of drug-likeness (QED) is 0.549. The molecule has 0 atom stereocenters. The summed E-state index contributed by atoms with van der Waals surface area (Å²) >= 11 is 1.43. The van der Waals surface area contributed by atoms with Gasteiger partial charge in [0.15, 0.2) is 5.71 Å². The number of aryl methyl sites for hydroxylation is 1. The summed E-state index contributed by atoms with van der Waals surface area (Å²) in [6, 6.07) is 17.4. The predicted molar refractivity (Wildman–Crippen MR) is 126 cm³/mol. The zero-order valence-electron chi connectivity index (χ0n) is 17.8. The van der Waals surface area contributed by atoms with Crippen LogP contribution < -0.4 is 15.2 Å². The zero-order valence-corrected chi connectivity index (χ0v) is 18.6. The molecule has 0 saturated heterocycles. The van der Waals surface area contributed by atoms with Crippen molar-refractivity contribution >= 4 is 39.5 Å². The molecule has 1 aliphatic rings. The smallest absolute Gasteiger partial charge is 0.303 e. The number of ether oxygens (including phenoxy) is 1. The fourth-order valence-corrected chi connectivity index (χ4v) is 4.01. The van der Waals surface area contributed by atoms with E-state index >= 15 is 0 Å². The SMILES string of the molecule is CC1=NN(c2nc(-c3ccccc3)c(C)s2)C(=O)/C1=N/Nc1ccccc1OC(C)C. The number of nitrogens with zero attached hydrogens (tertiary/aromatic N) is 4. The summed E-state index contributed by atoms with van der Waals surface area (Å²) in [5, 5.41) is 10.6. The van der Waals surface area contributed by atoms with E-state index in [2.05, 4.69) is 20.6 Å². The van der Waals surface area contributed by atoms with Gasteiger partial charge in [-0.3, -0.25) is 10.2 Å². The van der Waals surface area contributed by atoms with Gasteiger partial charge in [0.25, 0.3) is 0 Å². The highest BCUT2D eigenvalue weighted by Gasteiger charge is 2.33. The van der Waals surface area contributed by atoms with Gasteiger partial charge in [-0.1, -0.05) is 53.8 Å². The number of aromatic nitrogens is 1. The van der Waals surface area contributed by atoms with Crippen LogP contribution in [0.4, 0.5) is 10.8 Å². The molecular formula is C23H23N5O2S. The maximum atomic E-state index is 13.0. The molecule has 8 heteroatoms. The Morgan fingerprint density at radius 1 is 1.06 bits per heavy atom. The number of carbonyl (C=O) groups is 1. The summed E-state index contributed by atoms with van der Waals surface area (Å²) in [6.45, 7) is 7.66. The number of thiazole rings is 1. The Kier molecular flexibility index (Phi) is 5.81. The topological polar surface area (TPSA) is 79.2 Å². The van der Waals surface area contributed by atoms with E-state index in [4.69, 9.17) is 4.74 Å². The molecule has 1 N–H and O–H groups in total. The third-order valence-electron chi connectivity index (χ3n) is 4.54. The molecule has 0 bridgehead atoms. The molecule has 2 aromatic carbocycles. The first-order valence-corrected chi connectivity index (χ1v) is 10.8. The molecule has 4 rings (SSSR count). The van der Waals surface area contributed by atoms with E-state index in [1.807, 2.05) is 75.4 Å². The van der Waals surface area contributed by atoms with Crippen molar-refractivity contribution in [1.82, 2.24) is 4.98 Å². The van der Waals surface area contributed by atoms with Gasteiger partial charge in [0.05, 0.1) is 23.2 Å². The molecule has 158 valence electrons. The molecule has 0 spiro atoms. The second-order valence-corrected chi connectivity index (χ2v) is 8.49. The highest BCUT2D eigenvalue weighted by atomic mass is 32.1. The first kappa shape index (κ1) is 20.7. The Morgan fingerprint density at radius 3 is 2.52 bits per heavy atom. The Hall–Kier alpha value is -3.52. The summed E-state index contributed by atoms with van der Waals surface area (Å²) < 4.78 is 5.80. The van der Waals surface area contributed by atoms with Crippen molar-refractivity contribution in [1.29, 1.82) is 0 Å². The van der Waals surface area contributed by atoms with Gasteiger partial charge in [-0.05, 0) is 39.8 Å². The summed E-state index contributed by atoms with van der Waals surface area (Å²) in [4.78, 5) is 18.7. The Labute approximate surface area is 185 Å². The van der Waals surface area contributed by atoms with Crippen LogP contribution in [0.25, 0.3) is 11.3 Å². The fourth-order valence-electron chi connectivity index (χ4n) is 3.12. The van der Waals surface area contributed by atoms with E-state index in [9.17, 15) is 4.79 Å². The van der Waals surface area contributed by atoms with E-state index in [1.165, 1.54) is 16.3 Å². The summed E-state index contributed by atoms with van der Waals surface area (Å²) in [5.74, 6) is 0.349. The minimum Gasteiger partial charge on any atom is -0.489 e. The molecular weight excluding hydrogens is 410 g/mol. The monoisotopic (exact) mass is 433 g/mol. The van der Waals surface area contributed by atoms with Gasteiger partial charge >= 0.3 is 5.91 Å². The van der Waals surface area contributed by atoms with Crippen molar-refractivity contribution in [2.45, 2.75) is 33.8 Å². The van der Waals surface area contributed by atoms with Gasteiger partial charge < -0.3 is 4.74 Å². The number of carbonyl (C=O) groups excluding carboxylic acids is 1. The molecule has 0 fully saturated rings. The molecule has 1 aliphatic heterocycles. The molecule has 7 nitrogen and oxygen atoms in total. The van der Waals surface area contributed by atoms with Crippen molar-refractivity contribution in [3.8, 4) is 17.0 Å². The van der Waals surface area contributed by atoms with Crippen LogP contribution in [0.15, 0.2) is 64.8 Å². The van der Waals surface area contributed by atoms with Gasteiger partial charge in [-0.2, -0.15) is 15.2 Å². The Morgan fingerprint density at radius 2 is 1.77 bits per heavy atom. The number of anilines is 2. The molecule has 2 heterocycles. The molecule has 0 aliphatic carbocycles. The number of rotatable bonds is 6. The first-order chi connectivity index (χ1) is 14.9. The highest BCUT2D eigenvalue weighted by Crippen LogP contribution is 2.34. The Bertz CT molecular complexity index is 1170. The molecule has 0 saturated carbocycles. The normalized spacial score (nSPS) is 15.0. The minimum atomic E-state index is -0.319.